The zero-order valence-electron chi connectivity index (χ0n) is 5.63. The smallest absolute Gasteiger partial charge is 0.180 e. The lowest BCUT2D eigenvalue weighted by Gasteiger charge is -2.06. The van der Waals surface area contributed by atoms with Crippen LogP contribution in [0.1, 0.15) is 17.0 Å². The molecule has 1 aliphatic carbocycles. The molecular weight excluding hydrogens is 144 g/mol. The van der Waals surface area contributed by atoms with E-state index in [0.29, 0.717) is 0 Å². The highest BCUT2D eigenvalue weighted by Gasteiger charge is 2.13. The first kappa shape index (κ1) is 6.16. The third kappa shape index (κ3) is 0.904. The SMILES string of the molecule is Nc1nc2c(s1)C[CH]CC2. The van der Waals surface area contributed by atoms with Gasteiger partial charge in [0.1, 0.15) is 0 Å². The van der Waals surface area contributed by atoms with Gasteiger partial charge in [-0.3, -0.25) is 0 Å². The second-order valence-corrected chi connectivity index (χ2v) is 3.57. The zero-order valence-corrected chi connectivity index (χ0v) is 6.45. The zero-order chi connectivity index (χ0) is 6.97. The largest absolute Gasteiger partial charge is 0.375 e. The first-order valence-electron chi connectivity index (χ1n) is 3.42. The normalized spacial score (nSPS) is 16.8. The molecule has 0 aromatic carbocycles. The number of hydrogen-bond acceptors (Lipinski definition) is 3. The molecule has 0 spiro atoms. The maximum absolute atomic E-state index is 5.55. The summed E-state index contributed by atoms with van der Waals surface area (Å²) in [5, 5.41) is 0.723. The number of fused-ring (bicyclic) bond motifs is 1. The summed E-state index contributed by atoms with van der Waals surface area (Å²) in [7, 11) is 0. The monoisotopic (exact) mass is 153 g/mol. The minimum Gasteiger partial charge on any atom is -0.375 e. The second kappa shape index (κ2) is 2.23. The van der Waals surface area contributed by atoms with Crippen molar-refractivity contribution in [1.82, 2.24) is 4.98 Å². The van der Waals surface area contributed by atoms with Gasteiger partial charge in [0.25, 0.3) is 0 Å². The topological polar surface area (TPSA) is 38.9 Å². The van der Waals surface area contributed by atoms with Crippen molar-refractivity contribution in [3.8, 4) is 0 Å². The van der Waals surface area contributed by atoms with Crippen LogP contribution in [0.15, 0.2) is 0 Å². The Labute approximate surface area is 64.1 Å². The van der Waals surface area contributed by atoms with Crippen molar-refractivity contribution in [3.63, 3.8) is 0 Å². The molecule has 10 heavy (non-hydrogen) atoms. The van der Waals surface area contributed by atoms with E-state index in [4.69, 9.17) is 5.73 Å². The van der Waals surface area contributed by atoms with E-state index in [0.717, 1.165) is 24.4 Å². The summed E-state index contributed by atoms with van der Waals surface area (Å²) in [5.41, 5.74) is 6.78. The summed E-state index contributed by atoms with van der Waals surface area (Å²) in [5.74, 6) is 0. The third-order valence-corrected chi connectivity index (χ3v) is 2.66. The molecule has 3 heteroatoms. The van der Waals surface area contributed by atoms with Gasteiger partial charge in [-0.05, 0) is 25.7 Å². The number of anilines is 1. The van der Waals surface area contributed by atoms with Crippen molar-refractivity contribution < 1.29 is 0 Å². The second-order valence-electron chi connectivity index (χ2n) is 2.45. The standard InChI is InChI=1S/C7H9N2S/c8-7-9-5-3-1-2-4-6(5)10-7/h2H,1,3-4H2,(H2,8,9). The molecule has 1 aromatic heterocycles. The van der Waals surface area contributed by atoms with Crippen molar-refractivity contribution in [2.45, 2.75) is 19.3 Å². The number of rotatable bonds is 0. The van der Waals surface area contributed by atoms with Gasteiger partial charge in [0.2, 0.25) is 0 Å². The van der Waals surface area contributed by atoms with Crippen LogP contribution in [0, 0.1) is 6.42 Å². The number of aromatic nitrogens is 1. The summed E-state index contributed by atoms with van der Waals surface area (Å²) >= 11 is 1.63. The van der Waals surface area contributed by atoms with Gasteiger partial charge in [0.15, 0.2) is 5.13 Å². The molecule has 0 amide bonds. The molecule has 1 aromatic rings. The molecule has 2 N–H and O–H groups in total. The molecule has 2 nitrogen and oxygen atoms in total. The van der Waals surface area contributed by atoms with Gasteiger partial charge in [-0.1, -0.05) is 0 Å². The number of nitrogens with two attached hydrogens (primary N) is 1. The van der Waals surface area contributed by atoms with E-state index in [2.05, 4.69) is 11.4 Å². The first-order valence-corrected chi connectivity index (χ1v) is 4.23. The van der Waals surface area contributed by atoms with E-state index in [1.165, 1.54) is 10.6 Å². The fourth-order valence-corrected chi connectivity index (χ4v) is 2.11. The van der Waals surface area contributed by atoms with Crippen LogP contribution in [-0.4, -0.2) is 4.98 Å². The van der Waals surface area contributed by atoms with Gasteiger partial charge in [0.05, 0.1) is 5.69 Å². The highest BCUT2D eigenvalue weighted by Crippen LogP contribution is 2.26. The Hall–Kier alpha value is -0.570. The molecule has 2 rings (SSSR count). The maximum Gasteiger partial charge on any atom is 0.180 e. The lowest BCUT2D eigenvalue weighted by atomic mass is 10.0. The lowest BCUT2D eigenvalue weighted by Crippen LogP contribution is -1.99. The number of nitrogen functional groups attached to an aromatic ring is 1. The quantitative estimate of drug-likeness (QED) is 0.612. The molecule has 0 fully saturated rings. The van der Waals surface area contributed by atoms with Gasteiger partial charge in [-0.2, -0.15) is 0 Å². The van der Waals surface area contributed by atoms with E-state index >= 15 is 0 Å². The van der Waals surface area contributed by atoms with Crippen LogP contribution in [0.25, 0.3) is 0 Å². The number of thiazole rings is 1. The van der Waals surface area contributed by atoms with Crippen molar-refractivity contribution in [3.05, 3.63) is 17.0 Å². The predicted octanol–water partition coefficient (Wildman–Crippen LogP) is 1.42. The summed E-state index contributed by atoms with van der Waals surface area (Å²) < 4.78 is 0. The van der Waals surface area contributed by atoms with Gasteiger partial charge >= 0.3 is 0 Å². The van der Waals surface area contributed by atoms with Crippen LogP contribution in [0.5, 0.6) is 0 Å². The Balaban J connectivity index is 2.41. The van der Waals surface area contributed by atoms with E-state index in [1.807, 2.05) is 0 Å². The summed E-state index contributed by atoms with van der Waals surface area (Å²) in [4.78, 5) is 5.59. The fourth-order valence-electron chi connectivity index (χ4n) is 1.23. The highest BCUT2D eigenvalue weighted by molar-refractivity contribution is 7.15. The van der Waals surface area contributed by atoms with Crippen molar-refractivity contribution >= 4 is 16.5 Å². The molecule has 0 atom stereocenters. The molecule has 0 bridgehead atoms. The molecular formula is C7H9N2S. The van der Waals surface area contributed by atoms with Gasteiger partial charge in [0, 0.05) is 4.88 Å². The van der Waals surface area contributed by atoms with Crippen LogP contribution >= 0.6 is 11.3 Å². The van der Waals surface area contributed by atoms with Gasteiger partial charge < -0.3 is 5.73 Å². The van der Waals surface area contributed by atoms with E-state index in [9.17, 15) is 0 Å². The van der Waals surface area contributed by atoms with Crippen molar-refractivity contribution in [2.75, 3.05) is 5.73 Å². The van der Waals surface area contributed by atoms with Crippen molar-refractivity contribution in [2.24, 2.45) is 0 Å². The predicted molar refractivity (Wildman–Crippen MR) is 42.9 cm³/mol. The number of aryl methyl sites for hydroxylation is 1. The lowest BCUT2D eigenvalue weighted by molar-refractivity contribution is 0.818. The Kier molecular flexibility index (Phi) is 1.38. The minimum absolute atomic E-state index is 0.723. The molecule has 0 saturated carbocycles. The molecule has 0 saturated heterocycles. The molecule has 1 heterocycles. The van der Waals surface area contributed by atoms with Crippen LogP contribution in [-0.2, 0) is 12.8 Å². The van der Waals surface area contributed by atoms with Gasteiger partial charge in [-0.15, -0.1) is 11.3 Å². The highest BCUT2D eigenvalue weighted by atomic mass is 32.1. The van der Waals surface area contributed by atoms with E-state index < -0.39 is 0 Å². The molecule has 0 unspecified atom stereocenters. The van der Waals surface area contributed by atoms with Crippen LogP contribution < -0.4 is 5.73 Å². The fraction of sp³-hybridized carbons (Fsp3) is 0.429. The molecule has 0 aliphatic heterocycles. The first-order chi connectivity index (χ1) is 4.86. The Morgan fingerprint density at radius 3 is 3.30 bits per heavy atom. The number of hydrogen-bond donors (Lipinski definition) is 1. The van der Waals surface area contributed by atoms with Crippen LogP contribution in [0.2, 0.25) is 0 Å². The van der Waals surface area contributed by atoms with E-state index in [1.54, 1.807) is 11.3 Å². The minimum atomic E-state index is 0.723. The van der Waals surface area contributed by atoms with Crippen molar-refractivity contribution in [1.29, 1.82) is 0 Å². The molecule has 1 radical (unpaired) electrons. The third-order valence-electron chi connectivity index (χ3n) is 1.71. The Morgan fingerprint density at radius 1 is 1.60 bits per heavy atom. The summed E-state index contributed by atoms with van der Waals surface area (Å²) in [6.07, 6.45) is 5.61. The molecule has 1 aliphatic rings. The summed E-state index contributed by atoms with van der Waals surface area (Å²) in [6, 6.07) is 0. The Bertz CT molecular complexity index is 218. The Morgan fingerprint density at radius 2 is 2.50 bits per heavy atom. The maximum atomic E-state index is 5.55. The van der Waals surface area contributed by atoms with Crippen LogP contribution in [0.4, 0.5) is 5.13 Å². The van der Waals surface area contributed by atoms with Gasteiger partial charge in [-0.25, -0.2) is 4.98 Å². The summed E-state index contributed by atoms with van der Waals surface area (Å²) in [6.45, 7) is 0. The molecule has 53 valence electrons. The average molecular weight is 153 g/mol. The van der Waals surface area contributed by atoms with Crippen LogP contribution in [0.3, 0.4) is 0 Å². The average Bonchev–Trinajstić information content (AvgIpc) is 2.27. The number of nitrogens with zero attached hydrogens (tertiary/aromatic N) is 1. The van der Waals surface area contributed by atoms with E-state index in [-0.39, 0.29) is 0 Å².